The van der Waals surface area contributed by atoms with Crippen molar-refractivity contribution in [1.29, 1.82) is 5.26 Å². The third kappa shape index (κ3) is 1.85. The molecule has 2 aromatic rings. The molecular formula is C10H7N3O2. The molecular weight excluding hydrogens is 194 g/mol. The van der Waals surface area contributed by atoms with Gasteiger partial charge >= 0.3 is 0 Å². The number of aromatic nitrogens is 2. The van der Waals surface area contributed by atoms with Crippen LogP contribution < -0.4 is 0 Å². The number of rotatable bonds is 2. The highest BCUT2D eigenvalue weighted by molar-refractivity contribution is 5.55. The SMILES string of the molecule is N#Cc1cccc(-c2nc(CO)no2)c1. The van der Waals surface area contributed by atoms with Crippen molar-refractivity contribution in [2.45, 2.75) is 6.61 Å². The second kappa shape index (κ2) is 3.90. The summed E-state index contributed by atoms with van der Waals surface area (Å²) in [6, 6.07) is 8.85. The molecule has 5 nitrogen and oxygen atoms in total. The monoisotopic (exact) mass is 201 g/mol. The van der Waals surface area contributed by atoms with Crippen molar-refractivity contribution in [2.24, 2.45) is 0 Å². The van der Waals surface area contributed by atoms with Crippen LogP contribution in [-0.2, 0) is 6.61 Å². The molecule has 0 unspecified atom stereocenters. The zero-order chi connectivity index (χ0) is 10.7. The lowest BCUT2D eigenvalue weighted by atomic mass is 10.1. The third-order valence-corrected chi connectivity index (χ3v) is 1.85. The van der Waals surface area contributed by atoms with E-state index in [0.29, 0.717) is 17.0 Å². The molecule has 0 bridgehead atoms. The Hall–Kier alpha value is -2.19. The molecule has 74 valence electrons. The normalized spacial score (nSPS) is 9.87. The highest BCUT2D eigenvalue weighted by Gasteiger charge is 2.07. The van der Waals surface area contributed by atoms with Crippen molar-refractivity contribution in [3.05, 3.63) is 35.7 Å². The van der Waals surface area contributed by atoms with Gasteiger partial charge in [-0.15, -0.1) is 0 Å². The van der Waals surface area contributed by atoms with Crippen LogP contribution in [0.4, 0.5) is 0 Å². The van der Waals surface area contributed by atoms with Gasteiger partial charge in [0.25, 0.3) is 5.89 Å². The van der Waals surface area contributed by atoms with Crippen molar-refractivity contribution in [2.75, 3.05) is 0 Å². The first kappa shape index (κ1) is 9.37. The summed E-state index contributed by atoms with van der Waals surface area (Å²) in [4.78, 5) is 3.94. The first-order valence-corrected chi connectivity index (χ1v) is 4.27. The topological polar surface area (TPSA) is 82.9 Å². The van der Waals surface area contributed by atoms with Crippen LogP contribution in [-0.4, -0.2) is 15.2 Å². The average molecular weight is 201 g/mol. The first-order valence-electron chi connectivity index (χ1n) is 4.27. The van der Waals surface area contributed by atoms with Crippen LogP contribution in [0.2, 0.25) is 0 Å². The van der Waals surface area contributed by atoms with E-state index < -0.39 is 0 Å². The Morgan fingerprint density at radius 2 is 2.33 bits per heavy atom. The van der Waals surface area contributed by atoms with E-state index >= 15 is 0 Å². The number of hydrogen-bond donors (Lipinski definition) is 1. The fourth-order valence-electron chi connectivity index (χ4n) is 1.16. The summed E-state index contributed by atoms with van der Waals surface area (Å²) >= 11 is 0. The molecule has 0 saturated carbocycles. The molecule has 15 heavy (non-hydrogen) atoms. The van der Waals surface area contributed by atoms with Crippen LogP contribution in [0.1, 0.15) is 11.4 Å². The molecule has 0 amide bonds. The van der Waals surface area contributed by atoms with Crippen LogP contribution in [0.5, 0.6) is 0 Å². The number of nitriles is 1. The molecule has 2 rings (SSSR count). The maximum absolute atomic E-state index is 8.76. The van der Waals surface area contributed by atoms with Crippen LogP contribution in [0.3, 0.4) is 0 Å². The number of aliphatic hydroxyl groups is 1. The molecule has 0 spiro atoms. The molecule has 0 aliphatic rings. The van der Waals surface area contributed by atoms with Gasteiger partial charge in [0, 0.05) is 5.56 Å². The van der Waals surface area contributed by atoms with E-state index in [2.05, 4.69) is 10.1 Å². The van der Waals surface area contributed by atoms with Crippen molar-refractivity contribution in [3.63, 3.8) is 0 Å². The van der Waals surface area contributed by atoms with Crippen LogP contribution in [0.15, 0.2) is 28.8 Å². The lowest BCUT2D eigenvalue weighted by molar-refractivity contribution is 0.264. The van der Waals surface area contributed by atoms with E-state index in [9.17, 15) is 0 Å². The van der Waals surface area contributed by atoms with Gasteiger partial charge in [0.1, 0.15) is 6.61 Å². The molecule has 0 aliphatic carbocycles. The Balaban J connectivity index is 2.41. The smallest absolute Gasteiger partial charge is 0.258 e. The summed E-state index contributed by atoms with van der Waals surface area (Å²) in [5.41, 5.74) is 1.19. The highest BCUT2D eigenvalue weighted by atomic mass is 16.5. The van der Waals surface area contributed by atoms with Gasteiger partial charge in [-0.25, -0.2) is 0 Å². The van der Waals surface area contributed by atoms with E-state index in [1.165, 1.54) is 0 Å². The molecule has 0 radical (unpaired) electrons. The molecule has 0 atom stereocenters. The van der Waals surface area contributed by atoms with Gasteiger partial charge in [0.15, 0.2) is 5.82 Å². The van der Waals surface area contributed by atoms with Crippen LogP contribution in [0.25, 0.3) is 11.5 Å². The minimum absolute atomic E-state index is 0.229. The number of hydrogen-bond acceptors (Lipinski definition) is 5. The van der Waals surface area contributed by atoms with Gasteiger partial charge in [-0.3, -0.25) is 0 Å². The molecule has 1 aromatic heterocycles. The number of aliphatic hydroxyl groups excluding tert-OH is 1. The van der Waals surface area contributed by atoms with E-state index in [4.69, 9.17) is 14.9 Å². The molecule has 0 saturated heterocycles. The van der Waals surface area contributed by atoms with Crippen molar-refractivity contribution >= 4 is 0 Å². The molecule has 5 heteroatoms. The fraction of sp³-hybridized carbons (Fsp3) is 0.100. The Morgan fingerprint density at radius 1 is 1.47 bits per heavy atom. The summed E-state index contributed by atoms with van der Waals surface area (Å²) in [6.07, 6.45) is 0. The van der Waals surface area contributed by atoms with Crippen LogP contribution in [0, 0.1) is 11.3 Å². The van der Waals surface area contributed by atoms with E-state index in [-0.39, 0.29) is 12.4 Å². The maximum atomic E-state index is 8.76. The van der Waals surface area contributed by atoms with Gasteiger partial charge in [-0.05, 0) is 18.2 Å². The Kier molecular flexibility index (Phi) is 2.44. The summed E-state index contributed by atoms with van der Waals surface area (Å²) in [5, 5.41) is 21.0. The zero-order valence-electron chi connectivity index (χ0n) is 7.71. The van der Waals surface area contributed by atoms with Crippen LogP contribution >= 0.6 is 0 Å². The van der Waals surface area contributed by atoms with E-state index in [0.717, 1.165) is 0 Å². The van der Waals surface area contributed by atoms with Gasteiger partial charge < -0.3 is 9.63 Å². The Bertz CT molecular complexity index is 513. The summed E-state index contributed by atoms with van der Waals surface area (Å²) in [6.45, 7) is -0.262. The Labute approximate surface area is 85.6 Å². The standard InChI is InChI=1S/C10H7N3O2/c11-5-7-2-1-3-8(4-7)10-12-9(6-14)13-15-10/h1-4,14H,6H2. The van der Waals surface area contributed by atoms with Gasteiger partial charge in [0.05, 0.1) is 11.6 Å². The Morgan fingerprint density at radius 3 is 3.00 bits per heavy atom. The van der Waals surface area contributed by atoms with Crippen molar-refractivity contribution < 1.29 is 9.63 Å². The summed E-state index contributed by atoms with van der Waals surface area (Å²) < 4.78 is 4.91. The summed E-state index contributed by atoms with van der Waals surface area (Å²) in [7, 11) is 0. The molecule has 0 aliphatic heterocycles. The first-order chi connectivity index (χ1) is 7.33. The van der Waals surface area contributed by atoms with Crippen molar-refractivity contribution in [1.82, 2.24) is 10.1 Å². The van der Waals surface area contributed by atoms with Gasteiger partial charge in [-0.2, -0.15) is 10.2 Å². The number of nitrogens with zero attached hydrogens (tertiary/aromatic N) is 3. The molecule has 1 aromatic carbocycles. The average Bonchev–Trinajstić information content (AvgIpc) is 2.78. The minimum Gasteiger partial charge on any atom is -0.388 e. The second-order valence-electron chi connectivity index (χ2n) is 2.87. The summed E-state index contributed by atoms with van der Waals surface area (Å²) in [5.74, 6) is 0.531. The van der Waals surface area contributed by atoms with E-state index in [1.54, 1.807) is 24.3 Å². The lowest BCUT2D eigenvalue weighted by Gasteiger charge is -1.93. The second-order valence-corrected chi connectivity index (χ2v) is 2.87. The molecule has 0 fully saturated rings. The van der Waals surface area contributed by atoms with E-state index in [1.807, 2.05) is 6.07 Å². The van der Waals surface area contributed by atoms with Gasteiger partial charge in [-0.1, -0.05) is 11.2 Å². The maximum Gasteiger partial charge on any atom is 0.258 e. The number of benzene rings is 1. The zero-order valence-corrected chi connectivity index (χ0v) is 7.71. The van der Waals surface area contributed by atoms with Crippen molar-refractivity contribution in [3.8, 4) is 17.5 Å². The largest absolute Gasteiger partial charge is 0.388 e. The predicted octanol–water partition coefficient (Wildman–Crippen LogP) is 1.10. The lowest BCUT2D eigenvalue weighted by Crippen LogP contribution is -1.85. The highest BCUT2D eigenvalue weighted by Crippen LogP contribution is 2.17. The third-order valence-electron chi connectivity index (χ3n) is 1.85. The van der Waals surface area contributed by atoms with Gasteiger partial charge in [0.2, 0.25) is 0 Å². The predicted molar refractivity (Wildman–Crippen MR) is 50.4 cm³/mol. The molecule has 1 N–H and O–H groups in total. The quantitative estimate of drug-likeness (QED) is 0.786. The minimum atomic E-state index is -0.262. The fourth-order valence-corrected chi connectivity index (χ4v) is 1.16. The molecule has 1 heterocycles.